The number of nitrogens with one attached hydrogen (secondary N) is 5. The minimum Gasteiger partial charge on any atom is -0.775 e. The summed E-state index contributed by atoms with van der Waals surface area (Å²) in [6.45, 7) is 1.40. The largest absolute Gasteiger partial charge is 0.775 e. The van der Waals surface area contributed by atoms with Crippen LogP contribution >= 0.6 is 84.1 Å². The summed E-state index contributed by atoms with van der Waals surface area (Å²) in [7, 11) is -2.52. The number of amides is 3. The van der Waals surface area contributed by atoms with Crippen LogP contribution in [0.4, 0.5) is 14.4 Å². The van der Waals surface area contributed by atoms with Crippen molar-refractivity contribution in [2.75, 3.05) is 101 Å². The first-order valence-corrected chi connectivity index (χ1v) is 24.0. The van der Waals surface area contributed by atoms with E-state index in [0.717, 1.165) is 17.3 Å². The predicted molar refractivity (Wildman–Crippen MR) is 251 cm³/mol. The predicted octanol–water partition coefficient (Wildman–Crippen LogP) is 4.44. The first-order chi connectivity index (χ1) is 28.5. The molecule has 0 aliphatic rings. The molecule has 0 heterocycles. The molecule has 0 aromatic rings. The summed E-state index contributed by atoms with van der Waals surface area (Å²) in [5.41, 5.74) is 32.2. The topological polar surface area (TPSA) is 493 Å². The van der Waals surface area contributed by atoms with E-state index in [1.165, 1.54) is 11.8 Å². The van der Waals surface area contributed by atoms with Crippen molar-refractivity contribution in [3.8, 4) is 0 Å². The maximum atomic E-state index is 10.4. The van der Waals surface area contributed by atoms with Gasteiger partial charge in [-0.15, -0.1) is 0 Å². The van der Waals surface area contributed by atoms with Gasteiger partial charge in [0.15, 0.2) is 0 Å². The second kappa shape index (κ2) is 127. The number of aliphatic hydroxyl groups excluding tert-OH is 4. The molecule has 0 aromatic heterocycles. The minimum absolute atomic E-state index is 0. The standard InChI is InChI=1S/C5H11NO3S.C5H10NO3S.C4H10O2S.2C3H7N2O2S2.4CNO.CH4S2.5Y/c6-5(8)9-2-4-10-3-1-7;6-5-9-8-2-4-10-3-1-7;5-1-3-7-4-2-6;2*4-1-9(7)2-8-3(5)6;5*2-1-3;;;;;/h7H,1-4H2,(H2,6,8);5,7H,1-4H2;5-6H,1-4H2;2*4H,1-2H2,(H2,5,6);;;;;2-3H,1H2;;;;;/q;-1;;6*-1;;;;;;/p-3. The van der Waals surface area contributed by atoms with E-state index in [1.54, 1.807) is 23.5 Å². The Hall–Kier alpha value is 3.19. The monoisotopic (exact) mass is 1470 g/mol. The van der Waals surface area contributed by atoms with Gasteiger partial charge in [-0.2, -0.15) is 65.4 Å². The SMILES string of the molecule is OCCSCCO.SCS.[N-]=C=O.[N-]=C=O.[N-]=C=O.[N-]=C=O.[N-]=COOCCSCCO.[NH-]C(=O)OCCSCCO.[NH-]CS(=O)CSC([NH-])=O.[NH-]CS(=O)CSC([NH-])=O.[Y].[Y].[Y].[Y].[Y]. The third kappa shape index (κ3) is 231. The zero-order chi connectivity index (χ0) is 49.1. The van der Waals surface area contributed by atoms with Gasteiger partial charge in [0.25, 0.3) is 0 Å². The molecule has 0 spiro atoms. The fraction of sp³-hybridized carbons (Fsp3) is 0.680. The maximum Gasteiger partial charge on any atom is 0.227 e. The van der Waals surface area contributed by atoms with Gasteiger partial charge in [-0.25, -0.2) is 0 Å². The van der Waals surface area contributed by atoms with Crippen LogP contribution in [0.3, 0.4) is 0 Å². The molecular weight excluding hydrogens is 1430 g/mol. The van der Waals surface area contributed by atoms with E-state index in [0.29, 0.717) is 83.2 Å². The fourth-order valence-corrected chi connectivity index (χ4v) is 5.34. The number of thiol groups is 2. The van der Waals surface area contributed by atoms with Crippen LogP contribution in [0, 0.1) is 0 Å². The summed E-state index contributed by atoms with van der Waals surface area (Å²) in [6, 6.07) is 0. The number of carbonyl (C=O) groups excluding carboxylic acids is 7. The van der Waals surface area contributed by atoms with Gasteiger partial charge in [0.2, 0.25) is 6.09 Å². The number of isocyanates is 4. The molecule has 0 aliphatic heterocycles. The Bertz CT molecular complexity index is 1040. The van der Waals surface area contributed by atoms with Crippen molar-refractivity contribution >= 4 is 153 Å². The molecule has 65 heavy (non-hydrogen) atoms. The van der Waals surface area contributed by atoms with Gasteiger partial charge >= 0.3 is 0 Å². The number of hydrogen-bond acceptors (Lipinski definition) is 23. The quantitative estimate of drug-likeness (QED) is 0.0127. The van der Waals surface area contributed by atoms with Gasteiger partial charge < -0.3 is 95.4 Å². The van der Waals surface area contributed by atoms with Crippen molar-refractivity contribution in [3.05, 3.63) is 55.7 Å². The number of nitrogens with zero attached hydrogens (tertiary/aromatic N) is 5. The fourth-order valence-electron chi connectivity index (χ4n) is 1.25. The van der Waals surface area contributed by atoms with Gasteiger partial charge in [0.1, 0.15) is 17.1 Å². The molecule has 0 rings (SSSR count). The summed E-state index contributed by atoms with van der Waals surface area (Å²) >= 11 is 13.2. The number of rotatable bonds is 22. The first kappa shape index (κ1) is 109. The van der Waals surface area contributed by atoms with Crippen molar-refractivity contribution in [3.63, 3.8) is 0 Å². The Morgan fingerprint density at radius 2 is 0.831 bits per heavy atom. The van der Waals surface area contributed by atoms with Crippen LogP contribution in [-0.4, -0.2) is 177 Å². The van der Waals surface area contributed by atoms with Crippen LogP contribution in [0.2, 0.25) is 0 Å². The number of thioether (sulfide) groups is 5. The van der Waals surface area contributed by atoms with E-state index >= 15 is 0 Å². The third-order valence-corrected chi connectivity index (χ3v) is 9.80. The Morgan fingerprint density at radius 1 is 0.585 bits per heavy atom. The van der Waals surface area contributed by atoms with Crippen molar-refractivity contribution in [2.45, 2.75) is 0 Å². The normalized spacial score (nSPS) is 8.25. The van der Waals surface area contributed by atoms with Crippen molar-refractivity contribution < 1.29 is 240 Å². The van der Waals surface area contributed by atoms with E-state index in [9.17, 15) is 22.8 Å². The maximum absolute atomic E-state index is 10.4. The molecule has 5 radical (unpaired) electrons. The summed E-state index contributed by atoms with van der Waals surface area (Å²) in [4.78, 5) is 71.1. The third-order valence-electron chi connectivity index (χ3n) is 2.79. The molecule has 371 valence electrons. The van der Waals surface area contributed by atoms with Gasteiger partial charge in [0, 0.05) is 231 Å². The molecule has 40 heteroatoms. The second-order valence-corrected chi connectivity index (χ2v) is 17.0. The zero-order valence-corrected chi connectivity index (χ0v) is 55.9. The summed E-state index contributed by atoms with van der Waals surface area (Å²) in [6.07, 6.45) is 1.49. The molecule has 2 atom stereocenters. The van der Waals surface area contributed by atoms with E-state index in [4.69, 9.17) is 95.3 Å². The van der Waals surface area contributed by atoms with Gasteiger partial charge in [-0.05, 0) is 24.3 Å². The van der Waals surface area contributed by atoms with Crippen molar-refractivity contribution in [2.24, 2.45) is 0 Å². The van der Waals surface area contributed by atoms with Crippen LogP contribution in [0.1, 0.15) is 0 Å². The number of ether oxygens (including phenoxy) is 1. The second-order valence-electron chi connectivity index (χ2n) is 6.67. The Morgan fingerprint density at radius 3 is 1.03 bits per heavy atom. The Balaban J connectivity index is -0.0000000338. The zero-order valence-electron chi connectivity index (χ0n) is 34.2. The van der Waals surface area contributed by atoms with Crippen LogP contribution in [0.25, 0.3) is 55.7 Å². The van der Waals surface area contributed by atoms with Gasteiger partial charge in [0.05, 0.1) is 43.2 Å². The molecule has 0 aliphatic carbocycles. The molecular formula is C25H46N10O16S9Y5-10. The van der Waals surface area contributed by atoms with Crippen LogP contribution < -0.4 is 0 Å². The number of hydrogen-bond donors (Lipinski definition) is 6. The Kier molecular flexibility index (Phi) is 212. The van der Waals surface area contributed by atoms with Gasteiger partial charge in [-0.3, -0.25) is 32.4 Å². The van der Waals surface area contributed by atoms with Crippen LogP contribution in [0.15, 0.2) is 0 Å². The average molecular weight is 1480 g/mol. The Labute approximate surface area is 541 Å². The molecule has 0 aromatic carbocycles. The van der Waals surface area contributed by atoms with E-state index in [-0.39, 0.29) is 219 Å². The molecule has 9 N–H and O–H groups in total. The van der Waals surface area contributed by atoms with Crippen LogP contribution in [-0.2, 0) is 219 Å². The van der Waals surface area contributed by atoms with E-state index < -0.39 is 38.2 Å². The molecule has 26 nitrogen and oxygen atoms in total. The summed E-state index contributed by atoms with van der Waals surface area (Å²) in [5, 5.41) is 67.2. The molecule has 0 bridgehead atoms. The molecule has 0 saturated carbocycles. The van der Waals surface area contributed by atoms with Crippen molar-refractivity contribution in [1.82, 2.24) is 0 Å². The molecule has 3 amide bonds. The first-order valence-electron chi connectivity index (χ1n) is 14.3. The van der Waals surface area contributed by atoms with Crippen molar-refractivity contribution in [1.29, 1.82) is 0 Å². The summed E-state index contributed by atoms with van der Waals surface area (Å²) < 4.78 is 25.1. The van der Waals surface area contributed by atoms with E-state index in [2.05, 4.69) is 39.8 Å². The summed E-state index contributed by atoms with van der Waals surface area (Å²) in [5.74, 6) is 3.82. The van der Waals surface area contributed by atoms with E-state index in [1.807, 2.05) is 0 Å². The van der Waals surface area contributed by atoms with Gasteiger partial charge in [-0.1, -0.05) is 35.3 Å². The molecule has 2 unspecified atom stereocenters. The number of aliphatic hydroxyl groups is 4. The molecule has 0 saturated heterocycles. The average Bonchev–Trinajstić information content (AvgIpc) is 3.20. The molecule has 0 fully saturated rings. The van der Waals surface area contributed by atoms with Crippen LogP contribution in [0.5, 0.6) is 0 Å². The minimum atomic E-state index is -1.26. The number of carbonyl (C=O) groups is 3. The smallest absolute Gasteiger partial charge is 0.227 e.